The van der Waals surface area contributed by atoms with Crippen molar-refractivity contribution >= 4 is 5.97 Å². The Morgan fingerprint density at radius 1 is 1.31 bits per heavy atom. The molecule has 0 spiro atoms. The van der Waals surface area contributed by atoms with Gasteiger partial charge in [-0.05, 0) is 23.6 Å². The number of carboxylic acids is 1. The Balaban J connectivity index is 2.64. The summed E-state index contributed by atoms with van der Waals surface area (Å²) in [5.41, 5.74) is 0.351. The lowest BCUT2D eigenvalue weighted by Gasteiger charge is -2.10. The summed E-state index contributed by atoms with van der Waals surface area (Å²) < 4.78 is 5.43. The minimum atomic E-state index is -1.47. The summed E-state index contributed by atoms with van der Waals surface area (Å²) in [4.78, 5) is 10.5. The molecule has 0 bridgehead atoms. The smallest absolute Gasteiger partial charge is 0.337 e. The first-order chi connectivity index (χ1) is 7.50. The van der Waals surface area contributed by atoms with E-state index in [2.05, 4.69) is 0 Å². The highest BCUT2D eigenvalue weighted by Crippen LogP contribution is 2.18. The number of hydrogen-bond acceptors (Lipinski definition) is 3. The van der Waals surface area contributed by atoms with Crippen LogP contribution >= 0.6 is 0 Å². The first-order valence-electron chi connectivity index (χ1n) is 5.14. The van der Waals surface area contributed by atoms with Crippen molar-refractivity contribution in [2.75, 3.05) is 6.61 Å². The SMILES string of the molecule is CC(C)COc1ccc(C(O)C(=O)O)cc1. The van der Waals surface area contributed by atoms with Gasteiger partial charge in [-0.15, -0.1) is 0 Å². The molecule has 2 N–H and O–H groups in total. The Morgan fingerprint density at radius 2 is 1.88 bits per heavy atom. The van der Waals surface area contributed by atoms with Gasteiger partial charge in [0.05, 0.1) is 6.61 Å². The topological polar surface area (TPSA) is 66.8 Å². The van der Waals surface area contributed by atoms with Crippen molar-refractivity contribution in [3.05, 3.63) is 29.8 Å². The lowest BCUT2D eigenvalue weighted by Crippen LogP contribution is -2.10. The van der Waals surface area contributed by atoms with Gasteiger partial charge in [0.25, 0.3) is 0 Å². The van der Waals surface area contributed by atoms with Crippen molar-refractivity contribution < 1.29 is 19.7 Å². The fourth-order valence-electron chi connectivity index (χ4n) is 1.15. The van der Waals surface area contributed by atoms with Gasteiger partial charge >= 0.3 is 5.97 Å². The molecule has 0 aromatic heterocycles. The molecule has 1 rings (SSSR count). The number of aliphatic carboxylic acids is 1. The molecule has 0 fully saturated rings. The third-order valence-electron chi connectivity index (χ3n) is 2.01. The van der Waals surface area contributed by atoms with Gasteiger partial charge in [0.1, 0.15) is 5.75 Å². The van der Waals surface area contributed by atoms with Crippen molar-refractivity contribution in [2.24, 2.45) is 5.92 Å². The molecule has 0 radical (unpaired) electrons. The highest BCUT2D eigenvalue weighted by Gasteiger charge is 2.15. The van der Waals surface area contributed by atoms with Crippen LogP contribution in [0.25, 0.3) is 0 Å². The van der Waals surface area contributed by atoms with Crippen molar-refractivity contribution in [1.29, 1.82) is 0 Å². The molecule has 16 heavy (non-hydrogen) atoms. The number of carbonyl (C=O) groups is 1. The zero-order valence-corrected chi connectivity index (χ0v) is 9.38. The quantitative estimate of drug-likeness (QED) is 0.800. The molecule has 1 atom stereocenters. The lowest BCUT2D eigenvalue weighted by atomic mass is 10.1. The molecule has 0 heterocycles. The van der Waals surface area contributed by atoms with Crippen LogP contribution in [0.2, 0.25) is 0 Å². The van der Waals surface area contributed by atoms with Gasteiger partial charge in [0.2, 0.25) is 0 Å². The Kier molecular flexibility index (Phi) is 4.31. The van der Waals surface area contributed by atoms with E-state index in [9.17, 15) is 9.90 Å². The van der Waals surface area contributed by atoms with Gasteiger partial charge in [-0.3, -0.25) is 0 Å². The van der Waals surface area contributed by atoms with Crippen LogP contribution in [0.4, 0.5) is 0 Å². The molecule has 0 saturated carbocycles. The highest BCUT2D eigenvalue weighted by molar-refractivity contribution is 5.74. The zero-order chi connectivity index (χ0) is 12.1. The van der Waals surface area contributed by atoms with Crippen molar-refractivity contribution in [1.82, 2.24) is 0 Å². The molecule has 1 aromatic rings. The molecule has 0 aliphatic heterocycles. The third kappa shape index (κ3) is 3.55. The monoisotopic (exact) mass is 224 g/mol. The first kappa shape index (κ1) is 12.5. The third-order valence-corrected chi connectivity index (χ3v) is 2.01. The molecule has 0 aliphatic rings. The van der Waals surface area contributed by atoms with E-state index in [4.69, 9.17) is 9.84 Å². The van der Waals surface area contributed by atoms with Crippen LogP contribution in [0.1, 0.15) is 25.5 Å². The molecule has 4 nitrogen and oxygen atoms in total. The summed E-state index contributed by atoms with van der Waals surface area (Å²) in [6.45, 7) is 4.70. The fraction of sp³-hybridized carbons (Fsp3) is 0.417. The summed E-state index contributed by atoms with van der Waals surface area (Å²) in [6, 6.07) is 6.41. The van der Waals surface area contributed by atoms with Gasteiger partial charge in [-0.25, -0.2) is 4.79 Å². The Bertz CT molecular complexity index is 343. The van der Waals surface area contributed by atoms with Crippen LogP contribution in [-0.2, 0) is 4.79 Å². The van der Waals surface area contributed by atoms with E-state index in [0.29, 0.717) is 23.8 Å². The molecule has 4 heteroatoms. The van der Waals surface area contributed by atoms with E-state index < -0.39 is 12.1 Å². The van der Waals surface area contributed by atoms with Crippen LogP contribution in [0.3, 0.4) is 0 Å². The van der Waals surface area contributed by atoms with Crippen LogP contribution in [0.15, 0.2) is 24.3 Å². The Morgan fingerprint density at radius 3 is 2.31 bits per heavy atom. The van der Waals surface area contributed by atoms with Crippen molar-refractivity contribution in [3.8, 4) is 5.75 Å². The van der Waals surface area contributed by atoms with E-state index in [0.717, 1.165) is 0 Å². The summed E-state index contributed by atoms with van der Waals surface area (Å²) in [6.07, 6.45) is -1.47. The standard InChI is InChI=1S/C12H16O4/c1-8(2)7-16-10-5-3-9(4-6-10)11(13)12(14)15/h3-6,8,11,13H,7H2,1-2H3,(H,14,15). The van der Waals surface area contributed by atoms with E-state index in [1.54, 1.807) is 24.3 Å². The van der Waals surface area contributed by atoms with E-state index in [1.165, 1.54) is 0 Å². The average Bonchev–Trinajstić information content (AvgIpc) is 2.26. The van der Waals surface area contributed by atoms with E-state index in [-0.39, 0.29) is 0 Å². The number of benzene rings is 1. The molecule has 1 unspecified atom stereocenters. The maximum Gasteiger partial charge on any atom is 0.337 e. The highest BCUT2D eigenvalue weighted by atomic mass is 16.5. The van der Waals surface area contributed by atoms with Crippen LogP contribution in [0, 0.1) is 5.92 Å². The number of aliphatic hydroxyl groups is 1. The normalized spacial score (nSPS) is 12.5. The minimum Gasteiger partial charge on any atom is -0.493 e. The second kappa shape index (κ2) is 5.51. The lowest BCUT2D eigenvalue weighted by molar-refractivity contribution is -0.146. The maximum atomic E-state index is 10.5. The van der Waals surface area contributed by atoms with Gasteiger partial charge in [-0.2, -0.15) is 0 Å². The second-order valence-electron chi connectivity index (χ2n) is 4.01. The predicted octanol–water partition coefficient (Wildman–Crippen LogP) is 1.84. The molecular formula is C12H16O4. The summed E-state index contributed by atoms with van der Waals surface area (Å²) in [5, 5.41) is 17.9. The summed E-state index contributed by atoms with van der Waals surface area (Å²) >= 11 is 0. The molecule has 88 valence electrons. The minimum absolute atomic E-state index is 0.351. The predicted molar refractivity (Wildman–Crippen MR) is 59.4 cm³/mol. The van der Waals surface area contributed by atoms with Gasteiger partial charge in [0.15, 0.2) is 6.10 Å². The number of aliphatic hydroxyl groups excluding tert-OH is 1. The Hall–Kier alpha value is -1.55. The zero-order valence-electron chi connectivity index (χ0n) is 9.38. The van der Waals surface area contributed by atoms with Gasteiger partial charge in [-0.1, -0.05) is 26.0 Å². The second-order valence-corrected chi connectivity index (χ2v) is 4.01. The molecule has 1 aromatic carbocycles. The number of rotatable bonds is 5. The van der Waals surface area contributed by atoms with Crippen LogP contribution in [0.5, 0.6) is 5.75 Å². The molecule has 0 amide bonds. The molecule has 0 saturated heterocycles. The Labute approximate surface area is 94.5 Å². The molecule has 0 aliphatic carbocycles. The average molecular weight is 224 g/mol. The molecular weight excluding hydrogens is 208 g/mol. The summed E-state index contributed by atoms with van der Waals surface area (Å²) in [7, 11) is 0. The van der Waals surface area contributed by atoms with Gasteiger partial charge in [0, 0.05) is 0 Å². The van der Waals surface area contributed by atoms with Crippen LogP contribution < -0.4 is 4.74 Å². The van der Waals surface area contributed by atoms with Crippen molar-refractivity contribution in [2.45, 2.75) is 20.0 Å². The van der Waals surface area contributed by atoms with Gasteiger partial charge < -0.3 is 14.9 Å². The van der Waals surface area contributed by atoms with E-state index >= 15 is 0 Å². The van der Waals surface area contributed by atoms with Crippen LogP contribution in [-0.4, -0.2) is 22.8 Å². The summed E-state index contributed by atoms with van der Waals surface area (Å²) in [5.74, 6) is -0.143. The van der Waals surface area contributed by atoms with Crippen molar-refractivity contribution in [3.63, 3.8) is 0 Å². The largest absolute Gasteiger partial charge is 0.493 e. The number of carboxylic acid groups (broad SMARTS) is 1. The maximum absolute atomic E-state index is 10.5. The first-order valence-corrected chi connectivity index (χ1v) is 5.14. The number of hydrogen-bond donors (Lipinski definition) is 2. The fourth-order valence-corrected chi connectivity index (χ4v) is 1.15. The van der Waals surface area contributed by atoms with E-state index in [1.807, 2.05) is 13.8 Å². The number of ether oxygens (including phenoxy) is 1.